The van der Waals surface area contributed by atoms with Gasteiger partial charge in [-0.1, -0.05) is 200 Å². The summed E-state index contributed by atoms with van der Waals surface area (Å²) in [5, 5.41) is 5.07. The summed E-state index contributed by atoms with van der Waals surface area (Å²) >= 11 is 0. The van der Waals surface area contributed by atoms with Crippen LogP contribution in [0.3, 0.4) is 0 Å². The zero-order valence-corrected chi connectivity index (χ0v) is 31.5. The minimum atomic E-state index is 1.09. The summed E-state index contributed by atoms with van der Waals surface area (Å²) in [6.45, 7) is 0. The molecule has 0 amide bonds. The van der Waals surface area contributed by atoms with E-state index < -0.39 is 0 Å². The van der Waals surface area contributed by atoms with Crippen LogP contribution >= 0.6 is 0 Å². The SMILES string of the molecule is c1ccc(-c2ccc(-c3ccc(N(c4ccc(-c5ccccc5-c5cc6ccccc6c6ccccc56)cc4)c4ccccc4-c4ccccc4)cc3)cc2)cc1. The van der Waals surface area contributed by atoms with Gasteiger partial charge in [0.15, 0.2) is 0 Å². The molecule has 1 heteroatoms. The van der Waals surface area contributed by atoms with Gasteiger partial charge < -0.3 is 4.90 Å². The van der Waals surface area contributed by atoms with Crippen molar-refractivity contribution in [1.82, 2.24) is 0 Å². The van der Waals surface area contributed by atoms with Gasteiger partial charge in [0.2, 0.25) is 0 Å². The summed E-state index contributed by atoms with van der Waals surface area (Å²) in [7, 11) is 0. The van der Waals surface area contributed by atoms with E-state index in [0.717, 1.165) is 17.1 Å². The first-order chi connectivity index (χ1) is 28.3. The van der Waals surface area contributed by atoms with Crippen molar-refractivity contribution in [3.05, 3.63) is 237 Å². The van der Waals surface area contributed by atoms with E-state index in [4.69, 9.17) is 0 Å². The number of para-hydroxylation sites is 1. The van der Waals surface area contributed by atoms with Crippen LogP contribution in [0, 0.1) is 0 Å². The molecule has 0 aliphatic carbocycles. The predicted octanol–water partition coefficient (Wildman–Crippen LogP) is 15.8. The van der Waals surface area contributed by atoms with Crippen molar-refractivity contribution in [3.8, 4) is 55.6 Å². The van der Waals surface area contributed by atoms with Crippen molar-refractivity contribution in [3.63, 3.8) is 0 Å². The molecule has 0 aliphatic heterocycles. The Balaban J connectivity index is 1.05. The van der Waals surface area contributed by atoms with E-state index in [1.807, 2.05) is 0 Å². The van der Waals surface area contributed by atoms with Gasteiger partial charge in [-0.3, -0.25) is 0 Å². The zero-order valence-electron chi connectivity index (χ0n) is 31.5. The Morgan fingerprint density at radius 1 is 0.228 bits per heavy atom. The number of benzene rings is 10. The maximum Gasteiger partial charge on any atom is 0.0540 e. The van der Waals surface area contributed by atoms with Crippen molar-refractivity contribution in [2.24, 2.45) is 0 Å². The minimum Gasteiger partial charge on any atom is -0.310 e. The van der Waals surface area contributed by atoms with Crippen LogP contribution in [-0.4, -0.2) is 0 Å². The van der Waals surface area contributed by atoms with Gasteiger partial charge in [0.25, 0.3) is 0 Å². The van der Waals surface area contributed by atoms with Crippen LogP contribution < -0.4 is 4.90 Å². The normalized spacial score (nSPS) is 11.2. The van der Waals surface area contributed by atoms with Crippen molar-refractivity contribution < 1.29 is 0 Å². The predicted molar refractivity (Wildman–Crippen MR) is 243 cm³/mol. The molecule has 0 spiro atoms. The highest BCUT2D eigenvalue weighted by Crippen LogP contribution is 2.44. The van der Waals surface area contributed by atoms with E-state index in [2.05, 4.69) is 241 Å². The summed E-state index contributed by atoms with van der Waals surface area (Å²) in [4.78, 5) is 2.39. The molecule has 0 saturated heterocycles. The lowest BCUT2D eigenvalue weighted by molar-refractivity contribution is 1.28. The number of fused-ring (bicyclic) bond motifs is 3. The lowest BCUT2D eigenvalue weighted by Crippen LogP contribution is -2.11. The molecule has 268 valence electrons. The minimum absolute atomic E-state index is 1.09. The van der Waals surface area contributed by atoms with Gasteiger partial charge in [0.05, 0.1) is 5.69 Å². The second kappa shape index (κ2) is 15.0. The average molecular weight is 726 g/mol. The van der Waals surface area contributed by atoms with E-state index in [1.165, 1.54) is 77.2 Å². The molecule has 0 heterocycles. The Kier molecular flexibility index (Phi) is 8.95. The molecule has 0 aliphatic rings. The third kappa shape index (κ3) is 6.56. The van der Waals surface area contributed by atoms with Crippen molar-refractivity contribution in [1.29, 1.82) is 0 Å². The highest BCUT2D eigenvalue weighted by atomic mass is 15.1. The first-order valence-electron chi connectivity index (χ1n) is 19.6. The second-order valence-corrected chi connectivity index (χ2v) is 14.5. The van der Waals surface area contributed by atoms with Gasteiger partial charge in [-0.05, 0) is 108 Å². The third-order valence-electron chi connectivity index (χ3n) is 11.1. The van der Waals surface area contributed by atoms with Crippen LogP contribution in [0.4, 0.5) is 17.1 Å². The molecule has 10 rings (SSSR count). The Labute approximate surface area is 334 Å². The average Bonchev–Trinajstić information content (AvgIpc) is 3.30. The molecule has 0 fully saturated rings. The molecule has 0 unspecified atom stereocenters. The summed E-state index contributed by atoms with van der Waals surface area (Å²) in [6.07, 6.45) is 0. The van der Waals surface area contributed by atoms with E-state index in [1.54, 1.807) is 0 Å². The molecule has 0 N–H and O–H groups in total. The van der Waals surface area contributed by atoms with Crippen LogP contribution in [0.1, 0.15) is 0 Å². The Morgan fingerprint density at radius 3 is 1.26 bits per heavy atom. The smallest absolute Gasteiger partial charge is 0.0540 e. The van der Waals surface area contributed by atoms with Crippen molar-refractivity contribution >= 4 is 38.6 Å². The number of hydrogen-bond acceptors (Lipinski definition) is 1. The zero-order chi connectivity index (χ0) is 38.0. The van der Waals surface area contributed by atoms with E-state index in [-0.39, 0.29) is 0 Å². The monoisotopic (exact) mass is 725 g/mol. The first kappa shape index (κ1) is 34.0. The van der Waals surface area contributed by atoms with Crippen LogP contribution in [0.25, 0.3) is 77.2 Å². The third-order valence-corrected chi connectivity index (χ3v) is 11.1. The molecule has 1 nitrogen and oxygen atoms in total. The summed E-state index contributed by atoms with van der Waals surface area (Å²) in [5.41, 5.74) is 15.4. The van der Waals surface area contributed by atoms with Gasteiger partial charge in [-0.25, -0.2) is 0 Å². The molecular formula is C56H39N. The maximum absolute atomic E-state index is 2.39. The molecule has 10 aromatic rings. The standard InChI is InChI=1S/C56H39N/c1-3-15-40(16-4-1)41-27-29-42(30-28-41)43-31-35-47(36-32-43)57(56-26-14-13-22-51(56)44-17-5-2-6-18-44)48-37-33-45(34-38-48)49-20-9-10-24-53(49)55-39-46-19-7-8-21-50(46)52-23-11-12-25-54(52)55/h1-39H. The topological polar surface area (TPSA) is 3.24 Å². The maximum atomic E-state index is 2.39. The molecule has 0 bridgehead atoms. The van der Waals surface area contributed by atoms with Gasteiger partial charge in [0.1, 0.15) is 0 Å². The molecule has 0 saturated carbocycles. The van der Waals surface area contributed by atoms with Crippen LogP contribution in [-0.2, 0) is 0 Å². The first-order valence-corrected chi connectivity index (χ1v) is 19.6. The summed E-state index contributed by atoms with van der Waals surface area (Å²) < 4.78 is 0. The highest BCUT2D eigenvalue weighted by molar-refractivity contribution is 6.14. The highest BCUT2D eigenvalue weighted by Gasteiger charge is 2.19. The van der Waals surface area contributed by atoms with E-state index in [0.29, 0.717) is 0 Å². The second-order valence-electron chi connectivity index (χ2n) is 14.5. The summed E-state index contributed by atoms with van der Waals surface area (Å²) in [5.74, 6) is 0. The van der Waals surface area contributed by atoms with Crippen LogP contribution in [0.2, 0.25) is 0 Å². The van der Waals surface area contributed by atoms with Gasteiger partial charge in [-0.15, -0.1) is 0 Å². The fourth-order valence-corrected chi connectivity index (χ4v) is 8.28. The molecule has 10 aromatic carbocycles. The van der Waals surface area contributed by atoms with Gasteiger partial charge >= 0.3 is 0 Å². The summed E-state index contributed by atoms with van der Waals surface area (Å²) in [6, 6.07) is 85.5. The Morgan fingerprint density at radius 2 is 0.632 bits per heavy atom. The number of hydrogen-bond donors (Lipinski definition) is 0. The van der Waals surface area contributed by atoms with E-state index >= 15 is 0 Å². The molecule has 0 atom stereocenters. The lowest BCUT2D eigenvalue weighted by atomic mass is 9.89. The lowest BCUT2D eigenvalue weighted by Gasteiger charge is -2.28. The number of nitrogens with zero attached hydrogens (tertiary/aromatic N) is 1. The van der Waals surface area contributed by atoms with Gasteiger partial charge in [-0.2, -0.15) is 0 Å². The Hall–Kier alpha value is -7.48. The van der Waals surface area contributed by atoms with Crippen LogP contribution in [0.5, 0.6) is 0 Å². The largest absolute Gasteiger partial charge is 0.310 e. The van der Waals surface area contributed by atoms with Crippen molar-refractivity contribution in [2.75, 3.05) is 4.90 Å². The number of rotatable bonds is 8. The van der Waals surface area contributed by atoms with Crippen molar-refractivity contribution in [2.45, 2.75) is 0 Å². The van der Waals surface area contributed by atoms with E-state index in [9.17, 15) is 0 Å². The molecule has 0 aromatic heterocycles. The molecule has 0 radical (unpaired) electrons. The fourth-order valence-electron chi connectivity index (χ4n) is 8.28. The van der Waals surface area contributed by atoms with Crippen LogP contribution in [0.15, 0.2) is 237 Å². The molecular weight excluding hydrogens is 687 g/mol. The quantitative estimate of drug-likeness (QED) is 0.141. The van der Waals surface area contributed by atoms with Gasteiger partial charge in [0, 0.05) is 16.9 Å². The molecule has 57 heavy (non-hydrogen) atoms. The number of anilines is 3. The Bertz CT molecular complexity index is 2970. The fraction of sp³-hybridized carbons (Fsp3) is 0.